The van der Waals surface area contributed by atoms with Gasteiger partial charge < -0.3 is 4.48 Å². The van der Waals surface area contributed by atoms with E-state index in [1.807, 2.05) is 0 Å². The van der Waals surface area contributed by atoms with Gasteiger partial charge in [-0.25, -0.2) is 4.89 Å². The highest BCUT2D eigenvalue weighted by Gasteiger charge is 2.04. The number of hydrogen-bond acceptors (Lipinski definition) is 2. The summed E-state index contributed by atoms with van der Waals surface area (Å²) in [5.41, 5.74) is 0. The highest BCUT2D eigenvalue weighted by molar-refractivity contribution is 4.29. The average molecular weight is 134 g/mol. The van der Waals surface area contributed by atoms with Crippen molar-refractivity contribution in [1.82, 2.24) is 0 Å². The molecule has 0 rings (SSSR count). The number of hydrogen-bond donors (Lipinski definition) is 1. The minimum Gasteiger partial charge on any atom is -0.331 e. The molecule has 0 radical (unpaired) electrons. The predicted octanol–water partition coefficient (Wildman–Crippen LogP) is 0.572. The molecule has 0 aliphatic carbocycles. The zero-order valence-corrected chi connectivity index (χ0v) is 6.42. The Labute approximate surface area is 56.4 Å². The largest absolute Gasteiger partial charge is 0.331 e. The van der Waals surface area contributed by atoms with E-state index >= 15 is 0 Å². The van der Waals surface area contributed by atoms with Crippen molar-refractivity contribution < 1.29 is 14.6 Å². The molecule has 0 aliphatic heterocycles. The van der Waals surface area contributed by atoms with E-state index in [-0.39, 0.29) is 0 Å². The van der Waals surface area contributed by atoms with Gasteiger partial charge in [-0.15, -0.1) is 0 Å². The zero-order valence-electron chi connectivity index (χ0n) is 6.42. The summed E-state index contributed by atoms with van der Waals surface area (Å²) in [6, 6.07) is 0. The van der Waals surface area contributed by atoms with E-state index in [4.69, 9.17) is 5.26 Å². The highest BCUT2D eigenvalue weighted by Crippen LogP contribution is 1.92. The van der Waals surface area contributed by atoms with Crippen LogP contribution in [0.2, 0.25) is 0 Å². The Bertz CT molecular complexity index is 67.9. The highest BCUT2D eigenvalue weighted by atomic mass is 17.1. The van der Waals surface area contributed by atoms with E-state index in [1.54, 1.807) is 0 Å². The summed E-state index contributed by atoms with van der Waals surface area (Å²) in [7, 11) is 6.33. The molecule has 56 valence electrons. The Morgan fingerprint density at radius 1 is 1.33 bits per heavy atom. The Morgan fingerprint density at radius 3 is 2.22 bits per heavy atom. The lowest BCUT2D eigenvalue weighted by molar-refractivity contribution is -0.870. The summed E-state index contributed by atoms with van der Waals surface area (Å²) >= 11 is 0. The lowest BCUT2D eigenvalue weighted by atomic mass is 10.4. The topological polar surface area (TPSA) is 29.5 Å². The van der Waals surface area contributed by atoms with E-state index in [0.29, 0.717) is 6.61 Å². The van der Waals surface area contributed by atoms with E-state index in [1.165, 1.54) is 0 Å². The van der Waals surface area contributed by atoms with Crippen LogP contribution in [0.1, 0.15) is 6.42 Å². The summed E-state index contributed by atoms with van der Waals surface area (Å²) in [6.45, 7) is 1.47. The third-order valence-corrected chi connectivity index (χ3v) is 1.06. The van der Waals surface area contributed by atoms with Crippen LogP contribution >= 0.6 is 0 Å². The van der Waals surface area contributed by atoms with Crippen molar-refractivity contribution in [1.29, 1.82) is 0 Å². The van der Waals surface area contributed by atoms with Crippen LogP contribution in [0.5, 0.6) is 0 Å². The summed E-state index contributed by atoms with van der Waals surface area (Å²) < 4.78 is 0.920. The van der Waals surface area contributed by atoms with E-state index < -0.39 is 0 Å². The molecule has 0 fully saturated rings. The lowest BCUT2D eigenvalue weighted by Crippen LogP contribution is -2.35. The smallest absolute Gasteiger partial charge is 0.0873 e. The second-order valence-electron chi connectivity index (χ2n) is 3.20. The molecular weight excluding hydrogens is 118 g/mol. The molecule has 0 aromatic rings. The van der Waals surface area contributed by atoms with Crippen molar-refractivity contribution in [2.75, 3.05) is 34.3 Å². The maximum atomic E-state index is 7.96. The molecule has 3 nitrogen and oxygen atoms in total. The van der Waals surface area contributed by atoms with Crippen molar-refractivity contribution in [2.45, 2.75) is 6.42 Å². The van der Waals surface area contributed by atoms with E-state index in [2.05, 4.69) is 26.0 Å². The average Bonchev–Trinajstić information content (AvgIpc) is 1.63. The number of rotatable bonds is 4. The molecule has 0 aromatic carbocycles. The molecule has 0 saturated carbocycles. The summed E-state index contributed by atoms with van der Waals surface area (Å²) in [5.74, 6) is 0. The molecule has 0 saturated heterocycles. The van der Waals surface area contributed by atoms with E-state index in [0.717, 1.165) is 17.4 Å². The minimum atomic E-state index is 0.440. The van der Waals surface area contributed by atoms with Gasteiger partial charge in [0, 0.05) is 6.42 Å². The fourth-order valence-electron chi connectivity index (χ4n) is 0.603. The van der Waals surface area contributed by atoms with Gasteiger partial charge in [0.15, 0.2) is 0 Å². The van der Waals surface area contributed by atoms with Crippen LogP contribution in [0.15, 0.2) is 0 Å². The van der Waals surface area contributed by atoms with Gasteiger partial charge in [-0.2, -0.15) is 0 Å². The second-order valence-corrected chi connectivity index (χ2v) is 3.20. The second kappa shape index (κ2) is 3.82. The maximum absolute atomic E-state index is 7.96. The Kier molecular flexibility index (Phi) is 3.77. The zero-order chi connectivity index (χ0) is 7.33. The van der Waals surface area contributed by atoms with E-state index in [9.17, 15) is 0 Å². The maximum Gasteiger partial charge on any atom is 0.0873 e. The van der Waals surface area contributed by atoms with Gasteiger partial charge in [0.25, 0.3) is 0 Å². The third kappa shape index (κ3) is 7.88. The van der Waals surface area contributed by atoms with Crippen LogP contribution in [0.3, 0.4) is 0 Å². The van der Waals surface area contributed by atoms with Crippen LogP contribution in [0, 0.1) is 0 Å². The molecule has 0 heterocycles. The molecule has 0 amide bonds. The molecule has 0 unspecified atom stereocenters. The first-order valence-electron chi connectivity index (χ1n) is 3.13. The first-order chi connectivity index (χ1) is 4.06. The van der Waals surface area contributed by atoms with Crippen molar-refractivity contribution in [2.24, 2.45) is 0 Å². The number of quaternary nitrogens is 1. The normalized spacial score (nSPS) is 12.0. The van der Waals surface area contributed by atoms with Crippen molar-refractivity contribution in [3.63, 3.8) is 0 Å². The number of nitrogens with zero attached hydrogens (tertiary/aromatic N) is 1. The van der Waals surface area contributed by atoms with Crippen molar-refractivity contribution in [3.8, 4) is 0 Å². The summed E-state index contributed by atoms with van der Waals surface area (Å²) in [6.07, 6.45) is 0.903. The molecule has 1 N–H and O–H groups in total. The Balaban J connectivity index is 3.07. The Morgan fingerprint density at radius 2 is 1.89 bits per heavy atom. The quantitative estimate of drug-likeness (QED) is 0.264. The SMILES string of the molecule is C[N+](C)(C)CCCOO. The Hall–Kier alpha value is -0.120. The third-order valence-electron chi connectivity index (χ3n) is 1.06. The van der Waals surface area contributed by atoms with Crippen LogP contribution in [0.4, 0.5) is 0 Å². The molecule has 3 heteroatoms. The van der Waals surface area contributed by atoms with Crippen LogP contribution in [-0.2, 0) is 4.89 Å². The van der Waals surface area contributed by atoms with Gasteiger partial charge in [0.2, 0.25) is 0 Å². The summed E-state index contributed by atoms with van der Waals surface area (Å²) in [4.78, 5) is 3.93. The summed E-state index contributed by atoms with van der Waals surface area (Å²) in [5, 5.41) is 7.96. The van der Waals surface area contributed by atoms with Gasteiger partial charge in [-0.05, 0) is 0 Å². The van der Waals surface area contributed by atoms with Gasteiger partial charge in [0.05, 0.1) is 34.3 Å². The van der Waals surface area contributed by atoms with Gasteiger partial charge >= 0.3 is 0 Å². The molecule has 0 atom stereocenters. The molecule has 0 spiro atoms. The molecule has 0 aromatic heterocycles. The lowest BCUT2D eigenvalue weighted by Gasteiger charge is -2.23. The predicted molar refractivity (Wildman–Crippen MR) is 36.1 cm³/mol. The monoisotopic (exact) mass is 134 g/mol. The first-order valence-corrected chi connectivity index (χ1v) is 3.13. The van der Waals surface area contributed by atoms with Gasteiger partial charge in [-0.1, -0.05) is 0 Å². The fourth-order valence-corrected chi connectivity index (χ4v) is 0.603. The fraction of sp³-hybridized carbons (Fsp3) is 1.00. The van der Waals surface area contributed by atoms with Crippen LogP contribution < -0.4 is 0 Å². The van der Waals surface area contributed by atoms with Crippen LogP contribution in [-0.4, -0.2) is 44.0 Å². The van der Waals surface area contributed by atoms with Gasteiger partial charge in [-0.3, -0.25) is 5.26 Å². The standard InChI is InChI=1S/C6H15NO2/c1-7(2,3)5-4-6-9-8/h4-6H2,1-3H3/p+1. The minimum absolute atomic E-state index is 0.440. The molecule has 0 aliphatic rings. The van der Waals surface area contributed by atoms with Crippen molar-refractivity contribution in [3.05, 3.63) is 0 Å². The molecule has 0 bridgehead atoms. The van der Waals surface area contributed by atoms with Crippen molar-refractivity contribution >= 4 is 0 Å². The first kappa shape index (κ1) is 8.88. The molecular formula is C6H16NO2+. The molecule has 9 heavy (non-hydrogen) atoms. The van der Waals surface area contributed by atoms with Gasteiger partial charge in [0.1, 0.15) is 0 Å². The van der Waals surface area contributed by atoms with Crippen LogP contribution in [0.25, 0.3) is 0 Å².